The molecule has 0 spiro atoms. The van der Waals surface area contributed by atoms with Crippen molar-refractivity contribution < 1.29 is 5.11 Å². The molecule has 0 atom stereocenters. The Morgan fingerprint density at radius 2 is 1.88 bits per heavy atom. The van der Waals surface area contributed by atoms with Crippen molar-refractivity contribution in [1.29, 1.82) is 0 Å². The van der Waals surface area contributed by atoms with Crippen LogP contribution >= 0.6 is 0 Å². The summed E-state index contributed by atoms with van der Waals surface area (Å²) in [5.41, 5.74) is -0.00518. The molecule has 0 radical (unpaired) electrons. The fourth-order valence-electron chi connectivity index (χ4n) is 1.64. The van der Waals surface area contributed by atoms with E-state index in [1.165, 1.54) is 0 Å². The van der Waals surface area contributed by atoms with Gasteiger partial charge in [0, 0.05) is 31.0 Å². The van der Waals surface area contributed by atoms with Gasteiger partial charge in [-0.05, 0) is 18.9 Å². The summed E-state index contributed by atoms with van der Waals surface area (Å²) >= 11 is 0. The molecule has 16 heavy (non-hydrogen) atoms. The van der Waals surface area contributed by atoms with Gasteiger partial charge in [0.1, 0.15) is 5.82 Å². The predicted molar refractivity (Wildman–Crippen MR) is 63.8 cm³/mol. The van der Waals surface area contributed by atoms with Crippen LogP contribution < -0.4 is 5.32 Å². The Morgan fingerprint density at radius 1 is 1.25 bits per heavy atom. The lowest BCUT2D eigenvalue weighted by atomic mass is 9.83. The van der Waals surface area contributed by atoms with Crippen LogP contribution in [0.2, 0.25) is 0 Å². The summed E-state index contributed by atoms with van der Waals surface area (Å²) in [6.07, 6.45) is 5.43. The van der Waals surface area contributed by atoms with Crippen molar-refractivity contribution in [2.45, 2.75) is 33.2 Å². The van der Waals surface area contributed by atoms with Crippen molar-refractivity contribution in [3.05, 3.63) is 24.3 Å². The van der Waals surface area contributed by atoms with Crippen LogP contribution in [0, 0.1) is 5.41 Å². The summed E-state index contributed by atoms with van der Waals surface area (Å²) < 4.78 is 0. The maximum atomic E-state index is 9.40. The Bertz CT molecular complexity index is 277. The Labute approximate surface area is 97.1 Å². The van der Waals surface area contributed by atoms with Gasteiger partial charge in [-0.1, -0.05) is 13.8 Å². The molecule has 0 aliphatic heterocycles. The van der Waals surface area contributed by atoms with Gasteiger partial charge in [-0.3, -0.25) is 0 Å². The monoisotopic (exact) mass is 223 g/mol. The van der Waals surface area contributed by atoms with Crippen LogP contribution in [0.15, 0.2) is 18.5 Å². The summed E-state index contributed by atoms with van der Waals surface area (Å²) in [5.74, 6) is 0.793. The average Bonchev–Trinajstić information content (AvgIpc) is 2.37. The lowest BCUT2D eigenvalue weighted by Crippen LogP contribution is -2.36. The normalized spacial score (nSPS) is 11.7. The van der Waals surface area contributed by atoms with Crippen molar-refractivity contribution >= 4 is 0 Å². The number of aliphatic hydroxyl groups is 1. The van der Waals surface area contributed by atoms with E-state index < -0.39 is 0 Å². The third-order valence-corrected chi connectivity index (χ3v) is 3.24. The van der Waals surface area contributed by atoms with E-state index in [9.17, 15) is 5.11 Å². The second-order valence-electron chi connectivity index (χ2n) is 4.13. The molecule has 0 amide bonds. The highest BCUT2D eigenvalue weighted by Crippen LogP contribution is 2.24. The maximum absolute atomic E-state index is 9.40. The molecule has 0 fully saturated rings. The molecule has 1 aromatic heterocycles. The highest BCUT2D eigenvalue weighted by Gasteiger charge is 2.24. The Balaban J connectivity index is 2.39. The third-order valence-electron chi connectivity index (χ3n) is 3.24. The average molecular weight is 223 g/mol. The molecule has 2 N–H and O–H groups in total. The zero-order chi connectivity index (χ0) is 11.9. The molecule has 0 unspecified atom stereocenters. The number of aliphatic hydroxyl groups excluding tert-OH is 1. The Kier molecular flexibility index (Phi) is 5.35. The molecule has 0 aliphatic rings. The number of rotatable bonds is 7. The van der Waals surface area contributed by atoms with E-state index in [1.54, 1.807) is 18.5 Å². The highest BCUT2D eigenvalue weighted by atomic mass is 16.3. The highest BCUT2D eigenvalue weighted by molar-refractivity contribution is 4.88. The number of nitrogens with zero attached hydrogens (tertiary/aromatic N) is 2. The van der Waals surface area contributed by atoms with Crippen molar-refractivity contribution in [3.8, 4) is 0 Å². The van der Waals surface area contributed by atoms with Gasteiger partial charge in [0.05, 0.1) is 6.54 Å². The number of hydrogen-bond acceptors (Lipinski definition) is 4. The first-order valence-electron chi connectivity index (χ1n) is 5.84. The van der Waals surface area contributed by atoms with Crippen LogP contribution in [0.4, 0.5) is 0 Å². The van der Waals surface area contributed by atoms with Crippen molar-refractivity contribution in [2.24, 2.45) is 5.41 Å². The number of hydrogen-bond donors (Lipinski definition) is 2. The molecule has 1 heterocycles. The molecule has 1 rings (SSSR count). The van der Waals surface area contributed by atoms with E-state index in [-0.39, 0.29) is 12.0 Å². The van der Waals surface area contributed by atoms with Crippen molar-refractivity contribution in [1.82, 2.24) is 15.3 Å². The molecule has 4 heteroatoms. The zero-order valence-electron chi connectivity index (χ0n) is 10.1. The topological polar surface area (TPSA) is 58.0 Å². The van der Waals surface area contributed by atoms with Gasteiger partial charge in [0.25, 0.3) is 0 Å². The fourth-order valence-corrected chi connectivity index (χ4v) is 1.64. The van der Waals surface area contributed by atoms with Crippen LogP contribution in [0.25, 0.3) is 0 Å². The Hall–Kier alpha value is -1.00. The molecule has 1 aromatic rings. The van der Waals surface area contributed by atoms with E-state index in [0.29, 0.717) is 6.54 Å². The van der Waals surface area contributed by atoms with E-state index >= 15 is 0 Å². The Morgan fingerprint density at radius 3 is 2.38 bits per heavy atom. The summed E-state index contributed by atoms with van der Waals surface area (Å²) in [6.45, 7) is 5.90. The maximum Gasteiger partial charge on any atom is 0.141 e. The minimum absolute atomic E-state index is 0.00518. The number of nitrogens with one attached hydrogen (secondary N) is 1. The smallest absolute Gasteiger partial charge is 0.141 e. The second kappa shape index (κ2) is 6.55. The van der Waals surface area contributed by atoms with Gasteiger partial charge in [0.2, 0.25) is 0 Å². The molecule has 90 valence electrons. The van der Waals surface area contributed by atoms with Gasteiger partial charge in [-0.15, -0.1) is 0 Å². The first-order chi connectivity index (χ1) is 7.76. The van der Waals surface area contributed by atoms with E-state index in [0.717, 1.165) is 25.2 Å². The molecule has 0 saturated carbocycles. The second-order valence-corrected chi connectivity index (χ2v) is 4.13. The minimum Gasteiger partial charge on any atom is -0.396 e. The van der Waals surface area contributed by atoms with E-state index in [1.807, 2.05) is 0 Å². The lowest BCUT2D eigenvalue weighted by molar-refractivity contribution is 0.113. The van der Waals surface area contributed by atoms with Crippen LogP contribution in [0.1, 0.15) is 32.5 Å². The van der Waals surface area contributed by atoms with Crippen LogP contribution in [0.3, 0.4) is 0 Å². The van der Waals surface area contributed by atoms with Crippen LogP contribution in [-0.4, -0.2) is 28.2 Å². The van der Waals surface area contributed by atoms with E-state index in [2.05, 4.69) is 29.1 Å². The quantitative estimate of drug-likeness (QED) is 0.733. The zero-order valence-corrected chi connectivity index (χ0v) is 10.1. The van der Waals surface area contributed by atoms with Crippen molar-refractivity contribution in [2.75, 3.05) is 13.2 Å². The summed E-state index contributed by atoms with van der Waals surface area (Å²) in [4.78, 5) is 8.28. The van der Waals surface area contributed by atoms with E-state index in [4.69, 9.17) is 0 Å². The first-order valence-corrected chi connectivity index (χ1v) is 5.84. The molecule has 0 aliphatic carbocycles. The SMILES string of the molecule is CCC(CC)(CO)CNCc1ncccn1. The first kappa shape index (κ1) is 13.1. The minimum atomic E-state index is -0.00518. The van der Waals surface area contributed by atoms with Gasteiger partial charge in [0.15, 0.2) is 0 Å². The summed E-state index contributed by atoms with van der Waals surface area (Å²) in [7, 11) is 0. The van der Waals surface area contributed by atoms with Gasteiger partial charge >= 0.3 is 0 Å². The van der Waals surface area contributed by atoms with Gasteiger partial charge in [-0.2, -0.15) is 0 Å². The van der Waals surface area contributed by atoms with Crippen LogP contribution in [0.5, 0.6) is 0 Å². The van der Waals surface area contributed by atoms with Gasteiger partial charge in [-0.25, -0.2) is 9.97 Å². The summed E-state index contributed by atoms with van der Waals surface area (Å²) in [6, 6.07) is 1.81. The standard InChI is InChI=1S/C12H21N3O/c1-3-12(4-2,10-16)9-13-8-11-14-6-5-7-15-11/h5-7,13,16H,3-4,8-10H2,1-2H3. The molecular formula is C12H21N3O. The largest absolute Gasteiger partial charge is 0.396 e. The molecular weight excluding hydrogens is 202 g/mol. The van der Waals surface area contributed by atoms with Crippen LogP contribution in [-0.2, 0) is 6.54 Å². The fraction of sp³-hybridized carbons (Fsp3) is 0.667. The molecule has 0 bridgehead atoms. The lowest BCUT2D eigenvalue weighted by Gasteiger charge is -2.29. The third kappa shape index (κ3) is 3.54. The molecule has 4 nitrogen and oxygen atoms in total. The number of aromatic nitrogens is 2. The summed E-state index contributed by atoms with van der Waals surface area (Å²) in [5, 5.41) is 12.7. The van der Waals surface area contributed by atoms with Crippen molar-refractivity contribution in [3.63, 3.8) is 0 Å². The molecule has 0 saturated heterocycles. The van der Waals surface area contributed by atoms with Gasteiger partial charge < -0.3 is 10.4 Å². The molecule has 0 aromatic carbocycles. The predicted octanol–water partition coefficient (Wildman–Crippen LogP) is 1.36.